The van der Waals surface area contributed by atoms with Gasteiger partial charge in [-0.05, 0) is 5.56 Å². The van der Waals surface area contributed by atoms with Gasteiger partial charge >= 0.3 is 0 Å². The molecule has 19 heavy (non-hydrogen) atoms. The number of aliphatic hydroxyl groups is 1. The quantitative estimate of drug-likeness (QED) is 0.825. The Hall–Kier alpha value is -2.40. The molecule has 0 saturated carbocycles. The van der Waals surface area contributed by atoms with Gasteiger partial charge in [-0.1, -0.05) is 30.3 Å². The smallest absolute Gasteiger partial charge is 0.227 e. The van der Waals surface area contributed by atoms with Gasteiger partial charge in [0.1, 0.15) is 19.0 Å². The van der Waals surface area contributed by atoms with Gasteiger partial charge in [0.2, 0.25) is 16.9 Å². The van der Waals surface area contributed by atoms with Gasteiger partial charge < -0.3 is 14.3 Å². The van der Waals surface area contributed by atoms with E-state index in [2.05, 4.69) is 0 Å². The minimum absolute atomic E-state index is 0.0270. The lowest BCUT2D eigenvalue weighted by Gasteiger charge is -2.07. The van der Waals surface area contributed by atoms with Crippen molar-refractivity contribution in [2.24, 2.45) is 0 Å². The minimum Gasteiger partial charge on any atom is -0.481 e. The number of hydrogen-bond acceptors (Lipinski definition) is 5. The maximum absolute atomic E-state index is 11.7. The second-order valence-corrected chi connectivity index (χ2v) is 3.82. The molecular weight excluding hydrogens is 248 g/mol. The number of aldehydes is 1. The predicted octanol–water partition coefficient (Wildman–Crippen LogP) is 1.52. The van der Waals surface area contributed by atoms with Crippen LogP contribution in [0.25, 0.3) is 0 Å². The predicted molar refractivity (Wildman–Crippen MR) is 67.1 cm³/mol. The van der Waals surface area contributed by atoms with E-state index < -0.39 is 12.0 Å². The van der Waals surface area contributed by atoms with Crippen molar-refractivity contribution in [3.63, 3.8) is 0 Å². The first kappa shape index (κ1) is 13.0. The van der Waals surface area contributed by atoms with Crippen molar-refractivity contribution in [2.45, 2.75) is 13.2 Å². The van der Waals surface area contributed by atoms with Gasteiger partial charge in [-0.15, -0.1) is 0 Å². The number of carbonyl (C=O) groups excluding carboxylic acids is 1. The number of benzene rings is 1. The highest BCUT2D eigenvalue weighted by molar-refractivity contribution is 5.74. The van der Waals surface area contributed by atoms with E-state index in [0.717, 1.165) is 11.6 Å². The Morgan fingerprint density at radius 2 is 2.00 bits per heavy atom. The number of carbonyl (C=O) groups is 1. The van der Waals surface area contributed by atoms with Gasteiger partial charge in [0.05, 0.1) is 0 Å². The summed E-state index contributed by atoms with van der Waals surface area (Å²) >= 11 is 0. The topological polar surface area (TPSA) is 76.7 Å². The molecule has 1 aromatic carbocycles. The van der Waals surface area contributed by atoms with Crippen LogP contribution in [-0.4, -0.2) is 11.4 Å². The number of ether oxygens (including phenoxy) is 1. The largest absolute Gasteiger partial charge is 0.481 e. The van der Waals surface area contributed by atoms with Crippen LogP contribution in [0.3, 0.4) is 0 Å². The van der Waals surface area contributed by atoms with Crippen LogP contribution in [0.5, 0.6) is 5.75 Å². The molecule has 2 rings (SSSR count). The summed E-state index contributed by atoms with van der Waals surface area (Å²) in [5.41, 5.74) is 0.373. The third kappa shape index (κ3) is 3.08. The maximum Gasteiger partial charge on any atom is 0.227 e. The molecule has 1 heterocycles. The molecule has 0 atom stereocenters. The van der Waals surface area contributed by atoms with Crippen LogP contribution in [0.1, 0.15) is 21.9 Å². The first-order chi connectivity index (χ1) is 9.24. The van der Waals surface area contributed by atoms with Crippen LogP contribution in [0.4, 0.5) is 0 Å². The molecule has 0 amide bonds. The van der Waals surface area contributed by atoms with Crippen LogP contribution in [0.15, 0.2) is 45.6 Å². The molecule has 0 aliphatic rings. The zero-order valence-corrected chi connectivity index (χ0v) is 10.0. The van der Waals surface area contributed by atoms with Crippen LogP contribution < -0.4 is 10.2 Å². The second-order valence-electron chi connectivity index (χ2n) is 3.82. The van der Waals surface area contributed by atoms with Crippen LogP contribution >= 0.6 is 0 Å². The number of rotatable bonds is 5. The molecule has 0 bridgehead atoms. The summed E-state index contributed by atoms with van der Waals surface area (Å²) < 4.78 is 10.4. The third-order valence-corrected chi connectivity index (χ3v) is 2.47. The fourth-order valence-corrected chi connectivity index (χ4v) is 1.58. The summed E-state index contributed by atoms with van der Waals surface area (Å²) in [6.45, 7) is -0.292. The summed E-state index contributed by atoms with van der Waals surface area (Å²) in [6, 6.07) is 10.3. The highest BCUT2D eigenvalue weighted by Gasteiger charge is 2.13. The first-order valence-corrected chi connectivity index (χ1v) is 5.64. The van der Waals surface area contributed by atoms with Gasteiger partial charge in [-0.3, -0.25) is 9.59 Å². The monoisotopic (exact) mass is 260 g/mol. The Morgan fingerprint density at radius 1 is 1.26 bits per heavy atom. The average Bonchev–Trinajstić information content (AvgIpc) is 2.46. The highest BCUT2D eigenvalue weighted by Crippen LogP contribution is 2.15. The summed E-state index contributed by atoms with van der Waals surface area (Å²) in [6.07, 6.45) is 0.390. The molecule has 0 saturated heterocycles. The first-order valence-electron chi connectivity index (χ1n) is 5.64. The van der Waals surface area contributed by atoms with Crippen molar-refractivity contribution < 1.29 is 19.1 Å². The van der Waals surface area contributed by atoms with Gasteiger partial charge in [0.25, 0.3) is 0 Å². The fourth-order valence-electron chi connectivity index (χ4n) is 1.58. The maximum atomic E-state index is 11.7. The Balaban J connectivity index is 2.25. The van der Waals surface area contributed by atoms with E-state index in [1.54, 1.807) is 0 Å². The van der Waals surface area contributed by atoms with Crippen LogP contribution in [-0.2, 0) is 13.2 Å². The molecule has 0 spiro atoms. The van der Waals surface area contributed by atoms with E-state index in [1.165, 1.54) is 0 Å². The second kappa shape index (κ2) is 5.97. The lowest BCUT2D eigenvalue weighted by atomic mass is 10.2. The van der Waals surface area contributed by atoms with Crippen LogP contribution in [0, 0.1) is 0 Å². The molecule has 0 unspecified atom stereocenters. The third-order valence-electron chi connectivity index (χ3n) is 2.47. The van der Waals surface area contributed by atoms with E-state index in [4.69, 9.17) is 14.3 Å². The molecule has 0 aliphatic heterocycles. The molecule has 1 aromatic heterocycles. The van der Waals surface area contributed by atoms with Crippen LogP contribution in [0.2, 0.25) is 0 Å². The Labute approximate surface area is 109 Å². The van der Waals surface area contributed by atoms with Crippen molar-refractivity contribution in [3.05, 3.63) is 63.7 Å². The van der Waals surface area contributed by atoms with Crippen molar-refractivity contribution in [1.29, 1.82) is 0 Å². The van der Waals surface area contributed by atoms with Gasteiger partial charge in [-0.2, -0.15) is 0 Å². The summed E-state index contributed by atoms with van der Waals surface area (Å²) in [7, 11) is 0. The summed E-state index contributed by atoms with van der Waals surface area (Å²) in [5.74, 6) is -0.331. The normalized spacial score (nSPS) is 10.2. The molecule has 5 nitrogen and oxygen atoms in total. The molecule has 0 radical (unpaired) electrons. The number of hydrogen-bond donors (Lipinski definition) is 1. The SMILES string of the molecule is O=Cc1oc(CO)cc(=O)c1OCc1ccccc1. The Morgan fingerprint density at radius 3 is 2.63 bits per heavy atom. The number of aliphatic hydroxyl groups excluding tert-OH is 1. The lowest BCUT2D eigenvalue weighted by Crippen LogP contribution is -2.11. The average molecular weight is 260 g/mol. The lowest BCUT2D eigenvalue weighted by molar-refractivity contribution is 0.108. The van der Waals surface area contributed by atoms with E-state index in [0.29, 0.717) is 6.29 Å². The zero-order valence-electron chi connectivity index (χ0n) is 10.0. The zero-order chi connectivity index (χ0) is 13.7. The van der Waals surface area contributed by atoms with E-state index in [1.807, 2.05) is 30.3 Å². The molecule has 1 N–H and O–H groups in total. The van der Waals surface area contributed by atoms with Crippen molar-refractivity contribution in [1.82, 2.24) is 0 Å². The Bertz CT molecular complexity index is 615. The van der Waals surface area contributed by atoms with E-state index >= 15 is 0 Å². The highest BCUT2D eigenvalue weighted by atomic mass is 16.5. The van der Waals surface area contributed by atoms with Crippen molar-refractivity contribution >= 4 is 6.29 Å². The molecular formula is C14H12O5. The minimum atomic E-state index is -0.492. The Kier molecular flexibility index (Phi) is 4.10. The molecule has 5 heteroatoms. The van der Waals surface area contributed by atoms with Gasteiger partial charge in [0.15, 0.2) is 6.29 Å². The summed E-state index contributed by atoms with van der Waals surface area (Å²) in [4.78, 5) is 22.6. The fraction of sp³-hybridized carbons (Fsp3) is 0.143. The molecule has 0 fully saturated rings. The molecule has 0 aliphatic carbocycles. The summed E-state index contributed by atoms with van der Waals surface area (Å²) in [5, 5.41) is 8.89. The van der Waals surface area contributed by atoms with E-state index in [9.17, 15) is 9.59 Å². The van der Waals surface area contributed by atoms with Gasteiger partial charge in [0, 0.05) is 6.07 Å². The molecule has 98 valence electrons. The van der Waals surface area contributed by atoms with Crippen molar-refractivity contribution in [2.75, 3.05) is 0 Å². The molecule has 2 aromatic rings. The standard InChI is InChI=1S/C14H12O5/c15-7-11-6-12(17)14(13(8-16)19-11)18-9-10-4-2-1-3-5-10/h1-6,8,15H,7,9H2. The van der Waals surface area contributed by atoms with Gasteiger partial charge in [-0.25, -0.2) is 0 Å². The van der Waals surface area contributed by atoms with Crippen molar-refractivity contribution in [3.8, 4) is 5.75 Å². The van der Waals surface area contributed by atoms with E-state index in [-0.39, 0.29) is 23.9 Å².